The highest BCUT2D eigenvalue weighted by atomic mass is 16.5. The second-order valence-electron chi connectivity index (χ2n) is 4.27. The average Bonchev–Trinajstić information content (AvgIpc) is 2.17. The normalized spacial score (nSPS) is 14.8. The fraction of sp³-hybridized carbons (Fsp3) is 0.538. The van der Waals surface area contributed by atoms with Crippen molar-refractivity contribution in [2.24, 2.45) is 0 Å². The molecule has 1 aromatic carbocycles. The Kier molecular flexibility index (Phi) is 3.40. The first kappa shape index (κ1) is 12.1. The summed E-state index contributed by atoms with van der Waals surface area (Å²) in [5.41, 5.74) is 2.35. The summed E-state index contributed by atoms with van der Waals surface area (Å²) in [6, 6.07) is 3.99. The highest BCUT2D eigenvalue weighted by molar-refractivity contribution is 5.44. The van der Waals surface area contributed by atoms with Crippen LogP contribution in [0.1, 0.15) is 37.0 Å². The predicted molar refractivity (Wildman–Crippen MR) is 62.3 cm³/mol. The Labute approximate surface area is 91.9 Å². The summed E-state index contributed by atoms with van der Waals surface area (Å²) in [4.78, 5) is 0. The molecule has 0 aliphatic carbocycles. The lowest BCUT2D eigenvalue weighted by Crippen LogP contribution is -2.20. The van der Waals surface area contributed by atoms with E-state index in [1.165, 1.54) is 0 Å². The Hall–Kier alpha value is -1.02. The monoisotopic (exact) mass is 208 g/mol. The van der Waals surface area contributed by atoms with E-state index in [2.05, 4.69) is 0 Å². The van der Waals surface area contributed by atoms with Crippen LogP contribution in [0.2, 0.25) is 0 Å². The molecule has 0 radical (unpaired) electrons. The third kappa shape index (κ3) is 2.32. The van der Waals surface area contributed by atoms with Crippen LogP contribution in [0.3, 0.4) is 0 Å². The SMILES string of the molecule is CCC(C)(O)c1cc(C)c(OC)c(C)c1. The van der Waals surface area contributed by atoms with E-state index in [1.54, 1.807) is 7.11 Å². The van der Waals surface area contributed by atoms with Crippen LogP contribution in [0.5, 0.6) is 5.75 Å². The summed E-state index contributed by atoms with van der Waals surface area (Å²) in [6.07, 6.45) is 0.707. The average molecular weight is 208 g/mol. The number of hydrogen-bond donors (Lipinski definition) is 1. The summed E-state index contributed by atoms with van der Waals surface area (Å²) in [7, 11) is 1.67. The molecule has 0 fully saturated rings. The Morgan fingerprint density at radius 1 is 1.27 bits per heavy atom. The van der Waals surface area contributed by atoms with Crippen LogP contribution >= 0.6 is 0 Å². The van der Waals surface area contributed by atoms with Crippen molar-refractivity contribution < 1.29 is 9.84 Å². The molecule has 0 aliphatic heterocycles. The fourth-order valence-electron chi connectivity index (χ4n) is 1.79. The molecule has 0 heterocycles. The van der Waals surface area contributed by atoms with Gasteiger partial charge in [0.2, 0.25) is 0 Å². The first-order valence-corrected chi connectivity index (χ1v) is 5.30. The largest absolute Gasteiger partial charge is 0.496 e. The van der Waals surface area contributed by atoms with Gasteiger partial charge in [-0.2, -0.15) is 0 Å². The van der Waals surface area contributed by atoms with Crippen molar-refractivity contribution in [3.63, 3.8) is 0 Å². The minimum Gasteiger partial charge on any atom is -0.496 e. The molecule has 15 heavy (non-hydrogen) atoms. The van der Waals surface area contributed by atoms with E-state index in [0.29, 0.717) is 6.42 Å². The summed E-state index contributed by atoms with van der Waals surface area (Å²) < 4.78 is 5.30. The Balaban J connectivity index is 3.26. The number of hydrogen-bond acceptors (Lipinski definition) is 2. The van der Waals surface area contributed by atoms with Crippen LogP contribution in [-0.2, 0) is 5.60 Å². The van der Waals surface area contributed by atoms with Crippen molar-refractivity contribution in [2.75, 3.05) is 7.11 Å². The maximum absolute atomic E-state index is 10.2. The molecular formula is C13H20O2. The Bertz CT molecular complexity index is 331. The van der Waals surface area contributed by atoms with Gasteiger partial charge in [0.25, 0.3) is 0 Å². The third-order valence-electron chi connectivity index (χ3n) is 2.97. The van der Waals surface area contributed by atoms with Crippen LogP contribution in [-0.4, -0.2) is 12.2 Å². The van der Waals surface area contributed by atoms with Gasteiger partial charge in [-0.05, 0) is 56.0 Å². The first-order chi connectivity index (χ1) is 6.92. The number of methoxy groups -OCH3 is 1. The highest BCUT2D eigenvalue weighted by Gasteiger charge is 2.22. The molecule has 0 spiro atoms. The number of aryl methyl sites for hydroxylation is 2. The number of benzene rings is 1. The van der Waals surface area contributed by atoms with E-state index >= 15 is 0 Å². The van der Waals surface area contributed by atoms with Gasteiger partial charge in [-0.1, -0.05) is 6.92 Å². The molecule has 1 atom stereocenters. The zero-order valence-corrected chi connectivity index (χ0v) is 10.2. The molecule has 1 unspecified atom stereocenters. The van der Waals surface area contributed by atoms with E-state index in [4.69, 9.17) is 4.74 Å². The van der Waals surface area contributed by atoms with Gasteiger partial charge in [0.1, 0.15) is 5.75 Å². The van der Waals surface area contributed by atoms with Crippen molar-refractivity contribution in [3.8, 4) is 5.75 Å². The van der Waals surface area contributed by atoms with Crippen molar-refractivity contribution in [2.45, 2.75) is 39.7 Å². The minimum absolute atomic E-state index is 0.707. The van der Waals surface area contributed by atoms with Gasteiger partial charge in [0, 0.05) is 0 Å². The molecular weight excluding hydrogens is 188 g/mol. The molecule has 1 rings (SSSR count). The third-order valence-corrected chi connectivity index (χ3v) is 2.97. The van der Waals surface area contributed by atoms with Crippen molar-refractivity contribution >= 4 is 0 Å². The summed E-state index contributed by atoms with van der Waals surface area (Å²) in [5, 5.41) is 10.2. The maximum Gasteiger partial charge on any atom is 0.124 e. The molecule has 2 nitrogen and oxygen atoms in total. The van der Waals surface area contributed by atoms with Gasteiger partial charge in [0.15, 0.2) is 0 Å². The summed E-state index contributed by atoms with van der Waals surface area (Å²) in [5.74, 6) is 0.908. The fourth-order valence-corrected chi connectivity index (χ4v) is 1.79. The van der Waals surface area contributed by atoms with Crippen molar-refractivity contribution in [1.29, 1.82) is 0 Å². The second-order valence-corrected chi connectivity index (χ2v) is 4.27. The molecule has 84 valence electrons. The topological polar surface area (TPSA) is 29.5 Å². The van der Waals surface area contributed by atoms with Crippen LogP contribution in [0.25, 0.3) is 0 Å². The van der Waals surface area contributed by atoms with Crippen LogP contribution in [0, 0.1) is 13.8 Å². The zero-order chi connectivity index (χ0) is 11.6. The zero-order valence-electron chi connectivity index (χ0n) is 10.2. The van der Waals surface area contributed by atoms with E-state index in [-0.39, 0.29) is 0 Å². The first-order valence-electron chi connectivity index (χ1n) is 5.30. The van der Waals surface area contributed by atoms with Gasteiger partial charge < -0.3 is 9.84 Å². The van der Waals surface area contributed by atoms with Crippen molar-refractivity contribution in [1.82, 2.24) is 0 Å². The number of rotatable bonds is 3. The summed E-state index contributed by atoms with van der Waals surface area (Å²) in [6.45, 7) is 7.82. The lowest BCUT2D eigenvalue weighted by molar-refractivity contribution is 0.0529. The van der Waals surface area contributed by atoms with E-state index < -0.39 is 5.60 Å². The lowest BCUT2D eigenvalue weighted by atomic mass is 9.90. The minimum atomic E-state index is -0.748. The highest BCUT2D eigenvalue weighted by Crippen LogP contribution is 2.31. The molecule has 0 aromatic heterocycles. The summed E-state index contributed by atoms with van der Waals surface area (Å²) >= 11 is 0. The van der Waals surface area contributed by atoms with E-state index in [0.717, 1.165) is 22.4 Å². The standard InChI is InChI=1S/C13H20O2/c1-6-13(4,14)11-7-9(2)12(15-5)10(3)8-11/h7-8,14H,6H2,1-5H3. The van der Waals surface area contributed by atoms with Gasteiger partial charge in [-0.3, -0.25) is 0 Å². The van der Waals surface area contributed by atoms with Crippen LogP contribution in [0.15, 0.2) is 12.1 Å². The molecule has 0 saturated carbocycles. The molecule has 0 bridgehead atoms. The van der Waals surface area contributed by atoms with E-state index in [9.17, 15) is 5.11 Å². The van der Waals surface area contributed by atoms with Crippen LogP contribution in [0.4, 0.5) is 0 Å². The maximum atomic E-state index is 10.2. The molecule has 1 N–H and O–H groups in total. The predicted octanol–water partition coefficient (Wildman–Crippen LogP) is 2.93. The van der Waals surface area contributed by atoms with Gasteiger partial charge in [-0.15, -0.1) is 0 Å². The Morgan fingerprint density at radius 3 is 2.07 bits per heavy atom. The second kappa shape index (κ2) is 4.23. The number of ether oxygens (including phenoxy) is 1. The van der Waals surface area contributed by atoms with Crippen molar-refractivity contribution in [3.05, 3.63) is 28.8 Å². The molecule has 0 aliphatic rings. The van der Waals surface area contributed by atoms with E-state index in [1.807, 2.05) is 39.8 Å². The molecule has 0 amide bonds. The smallest absolute Gasteiger partial charge is 0.124 e. The lowest BCUT2D eigenvalue weighted by Gasteiger charge is -2.24. The van der Waals surface area contributed by atoms with Gasteiger partial charge in [-0.25, -0.2) is 0 Å². The molecule has 0 saturated heterocycles. The Morgan fingerprint density at radius 2 is 1.73 bits per heavy atom. The van der Waals surface area contributed by atoms with Gasteiger partial charge >= 0.3 is 0 Å². The van der Waals surface area contributed by atoms with Crippen LogP contribution < -0.4 is 4.74 Å². The van der Waals surface area contributed by atoms with Gasteiger partial charge in [0.05, 0.1) is 12.7 Å². The number of aliphatic hydroxyl groups is 1. The molecule has 2 heteroatoms. The quantitative estimate of drug-likeness (QED) is 0.827. The molecule has 1 aromatic rings.